The molecule has 0 aliphatic carbocycles. The molecule has 0 spiro atoms. The first kappa shape index (κ1) is 17.7. The molecule has 1 aliphatic rings. The van der Waals surface area contributed by atoms with Gasteiger partial charge in [0.15, 0.2) is 5.76 Å². The van der Waals surface area contributed by atoms with Crippen LogP contribution in [0.15, 0.2) is 66.7 Å². The van der Waals surface area contributed by atoms with Crippen LogP contribution in [0.4, 0.5) is 0 Å². The van der Waals surface area contributed by atoms with Crippen LogP contribution in [-0.4, -0.2) is 16.7 Å². The number of hydrogen-bond acceptors (Lipinski definition) is 5. The van der Waals surface area contributed by atoms with Gasteiger partial charge in [-0.2, -0.15) is 0 Å². The summed E-state index contributed by atoms with van der Waals surface area (Å²) in [4.78, 5) is 29.1. The van der Waals surface area contributed by atoms with Crippen molar-refractivity contribution in [1.29, 1.82) is 0 Å². The molecular weight excluding hydrogens is 354 g/mol. The molecule has 0 saturated heterocycles. The van der Waals surface area contributed by atoms with Crippen molar-refractivity contribution in [3.05, 3.63) is 94.5 Å². The first-order valence-corrected chi connectivity index (χ1v) is 8.79. The van der Waals surface area contributed by atoms with Gasteiger partial charge in [0.2, 0.25) is 5.78 Å². The lowest BCUT2D eigenvalue weighted by Crippen LogP contribution is -2.08. The molecule has 1 aromatic heterocycles. The number of ether oxygens (including phenoxy) is 2. The molecular formula is C23H17NO4. The average molecular weight is 371 g/mol. The van der Waals surface area contributed by atoms with E-state index in [1.807, 2.05) is 25.1 Å². The van der Waals surface area contributed by atoms with Gasteiger partial charge in [-0.1, -0.05) is 23.8 Å². The molecule has 4 rings (SSSR count). The highest BCUT2D eigenvalue weighted by molar-refractivity contribution is 6.15. The van der Waals surface area contributed by atoms with Crippen molar-refractivity contribution in [3.8, 4) is 11.5 Å². The Kier molecular flexibility index (Phi) is 4.49. The number of ketones is 1. The molecule has 0 atom stereocenters. The van der Waals surface area contributed by atoms with Crippen molar-refractivity contribution in [2.75, 3.05) is 0 Å². The van der Waals surface area contributed by atoms with E-state index in [1.54, 1.807) is 55.7 Å². The largest absolute Gasteiger partial charge is 0.452 e. The van der Waals surface area contributed by atoms with Crippen LogP contribution in [0.5, 0.6) is 11.5 Å². The van der Waals surface area contributed by atoms with Crippen molar-refractivity contribution < 1.29 is 19.1 Å². The van der Waals surface area contributed by atoms with Crippen LogP contribution in [-0.2, 0) is 0 Å². The summed E-state index contributed by atoms with van der Waals surface area (Å²) in [6.45, 7) is 3.74. The van der Waals surface area contributed by atoms with Crippen molar-refractivity contribution in [3.63, 3.8) is 0 Å². The minimum Gasteiger partial charge on any atom is -0.452 e. The van der Waals surface area contributed by atoms with E-state index in [-0.39, 0.29) is 11.5 Å². The second kappa shape index (κ2) is 7.12. The molecule has 0 N–H and O–H groups in total. The third-order valence-corrected chi connectivity index (χ3v) is 4.42. The number of hydrogen-bond donors (Lipinski definition) is 0. The molecule has 0 radical (unpaired) electrons. The van der Waals surface area contributed by atoms with Crippen molar-refractivity contribution in [1.82, 2.24) is 4.98 Å². The second-order valence-corrected chi connectivity index (χ2v) is 6.59. The minimum absolute atomic E-state index is 0.201. The van der Waals surface area contributed by atoms with Gasteiger partial charge in [-0.3, -0.25) is 9.78 Å². The fourth-order valence-electron chi connectivity index (χ4n) is 3.00. The van der Waals surface area contributed by atoms with Gasteiger partial charge < -0.3 is 9.47 Å². The van der Waals surface area contributed by atoms with E-state index in [9.17, 15) is 9.59 Å². The van der Waals surface area contributed by atoms with Crippen molar-refractivity contribution in [2.24, 2.45) is 0 Å². The molecule has 138 valence electrons. The standard InChI is InChI=1S/C23H17NO4/c1-14-5-7-17(8-6-14)23(26)27-18-10-15(2)21-19(12-18)28-20(22(21)25)11-16-4-3-9-24-13-16/h3-13H,1-2H3/b20-11-. The number of benzene rings is 2. The Labute approximate surface area is 162 Å². The third kappa shape index (κ3) is 3.42. The van der Waals surface area contributed by atoms with Crippen LogP contribution >= 0.6 is 0 Å². The van der Waals surface area contributed by atoms with Crippen LogP contribution < -0.4 is 9.47 Å². The smallest absolute Gasteiger partial charge is 0.343 e. The molecule has 3 aromatic rings. The van der Waals surface area contributed by atoms with E-state index in [4.69, 9.17) is 9.47 Å². The summed E-state index contributed by atoms with van der Waals surface area (Å²) in [6.07, 6.45) is 4.95. The number of aryl methyl sites for hydroxylation is 2. The Hall–Kier alpha value is -3.73. The number of esters is 1. The highest BCUT2D eigenvalue weighted by Crippen LogP contribution is 2.37. The predicted molar refractivity (Wildman–Crippen MR) is 104 cm³/mol. The maximum absolute atomic E-state index is 12.7. The number of carbonyl (C=O) groups is 2. The molecule has 0 bridgehead atoms. The second-order valence-electron chi connectivity index (χ2n) is 6.59. The number of allylic oxidation sites excluding steroid dienone is 1. The number of fused-ring (bicyclic) bond motifs is 1. The number of aromatic nitrogens is 1. The number of pyridine rings is 1. The van der Waals surface area contributed by atoms with Crippen molar-refractivity contribution >= 4 is 17.8 Å². The van der Waals surface area contributed by atoms with Gasteiger partial charge in [0.1, 0.15) is 11.5 Å². The van der Waals surface area contributed by atoms with Gasteiger partial charge in [-0.05, 0) is 55.3 Å². The Morgan fingerprint density at radius 2 is 1.89 bits per heavy atom. The van der Waals surface area contributed by atoms with E-state index in [0.29, 0.717) is 28.2 Å². The van der Waals surface area contributed by atoms with Gasteiger partial charge in [0.05, 0.1) is 11.1 Å². The number of carbonyl (C=O) groups excluding carboxylic acids is 2. The van der Waals surface area contributed by atoms with Crippen molar-refractivity contribution in [2.45, 2.75) is 13.8 Å². The van der Waals surface area contributed by atoms with Crippen LogP contribution in [0.2, 0.25) is 0 Å². The number of rotatable bonds is 3. The molecule has 0 amide bonds. The predicted octanol–water partition coefficient (Wildman–Crippen LogP) is 4.53. The van der Waals surface area contributed by atoms with Crippen LogP contribution in [0, 0.1) is 13.8 Å². The molecule has 1 aliphatic heterocycles. The summed E-state index contributed by atoms with van der Waals surface area (Å²) in [5, 5.41) is 0. The molecule has 0 saturated carbocycles. The van der Waals surface area contributed by atoms with E-state index < -0.39 is 5.97 Å². The van der Waals surface area contributed by atoms with Gasteiger partial charge in [-0.25, -0.2) is 4.79 Å². The summed E-state index contributed by atoms with van der Waals surface area (Å²) in [5.74, 6) is 0.264. The summed E-state index contributed by atoms with van der Waals surface area (Å²) in [7, 11) is 0. The van der Waals surface area contributed by atoms with Gasteiger partial charge in [0, 0.05) is 18.5 Å². The molecule has 5 heteroatoms. The maximum atomic E-state index is 12.7. The lowest BCUT2D eigenvalue weighted by Gasteiger charge is -2.08. The van der Waals surface area contributed by atoms with Crippen LogP contribution in [0.1, 0.15) is 37.4 Å². The quantitative estimate of drug-likeness (QED) is 0.384. The average Bonchev–Trinajstić information content (AvgIpc) is 2.99. The fraction of sp³-hybridized carbons (Fsp3) is 0.0870. The van der Waals surface area contributed by atoms with Crippen LogP contribution in [0.25, 0.3) is 6.08 Å². The summed E-state index contributed by atoms with van der Waals surface area (Å²) >= 11 is 0. The van der Waals surface area contributed by atoms with Gasteiger partial charge in [0.25, 0.3) is 0 Å². The Balaban J connectivity index is 1.60. The minimum atomic E-state index is -0.463. The summed E-state index contributed by atoms with van der Waals surface area (Å²) in [5.41, 5.74) is 3.44. The molecule has 2 aromatic carbocycles. The normalized spacial score (nSPS) is 13.9. The van der Waals surface area contributed by atoms with Gasteiger partial charge >= 0.3 is 5.97 Å². The summed E-state index contributed by atoms with van der Waals surface area (Å²) < 4.78 is 11.2. The highest BCUT2D eigenvalue weighted by atomic mass is 16.5. The first-order chi connectivity index (χ1) is 13.5. The zero-order valence-corrected chi connectivity index (χ0v) is 15.4. The molecule has 2 heterocycles. The zero-order chi connectivity index (χ0) is 19.7. The maximum Gasteiger partial charge on any atom is 0.343 e. The first-order valence-electron chi connectivity index (χ1n) is 8.79. The topological polar surface area (TPSA) is 65.5 Å². The summed E-state index contributed by atoms with van der Waals surface area (Å²) in [6, 6.07) is 14.0. The van der Waals surface area contributed by atoms with E-state index in [0.717, 1.165) is 11.1 Å². The van der Waals surface area contributed by atoms with Gasteiger partial charge in [-0.15, -0.1) is 0 Å². The molecule has 0 fully saturated rings. The Bertz CT molecular complexity index is 1100. The Morgan fingerprint density at radius 1 is 1.11 bits per heavy atom. The van der Waals surface area contributed by atoms with E-state index in [1.165, 1.54) is 0 Å². The lowest BCUT2D eigenvalue weighted by atomic mass is 10.0. The lowest BCUT2D eigenvalue weighted by molar-refractivity contribution is 0.0734. The van der Waals surface area contributed by atoms with E-state index in [2.05, 4.69) is 4.98 Å². The highest BCUT2D eigenvalue weighted by Gasteiger charge is 2.30. The van der Waals surface area contributed by atoms with E-state index >= 15 is 0 Å². The molecule has 28 heavy (non-hydrogen) atoms. The fourth-order valence-corrected chi connectivity index (χ4v) is 3.00. The van der Waals surface area contributed by atoms with Crippen LogP contribution in [0.3, 0.4) is 0 Å². The Morgan fingerprint density at radius 3 is 2.61 bits per heavy atom. The third-order valence-electron chi connectivity index (χ3n) is 4.42. The monoisotopic (exact) mass is 371 g/mol. The SMILES string of the molecule is Cc1ccc(C(=O)Oc2cc(C)c3c(c2)O/C(=C\c2cccnc2)C3=O)cc1. The number of nitrogens with zero attached hydrogens (tertiary/aromatic N) is 1. The zero-order valence-electron chi connectivity index (χ0n) is 15.4. The number of Topliss-reactive ketones (excluding diaryl/α,β-unsaturated/α-hetero) is 1. The molecule has 0 unspecified atom stereocenters. The molecule has 5 nitrogen and oxygen atoms in total.